The summed E-state index contributed by atoms with van der Waals surface area (Å²) in [4.78, 5) is 1.62. The van der Waals surface area contributed by atoms with Gasteiger partial charge >= 0.3 is 0 Å². The predicted octanol–water partition coefficient (Wildman–Crippen LogP) is 1.61. The van der Waals surface area contributed by atoms with Gasteiger partial charge in [0.1, 0.15) is 0 Å². The highest BCUT2D eigenvalue weighted by molar-refractivity contribution is 9.14. The number of halogens is 2. The molecule has 0 rings (SSSR count). The first kappa shape index (κ1) is 6.66. The van der Waals surface area contributed by atoms with E-state index < -0.39 is 0 Å². The average Bonchev–Trinajstić information content (AvgIpc) is 1.65. The Hall–Kier alpha value is 0.660. The van der Waals surface area contributed by atoms with Crippen LogP contribution < -0.4 is 0 Å². The van der Waals surface area contributed by atoms with E-state index in [1.807, 2.05) is 0 Å². The van der Waals surface area contributed by atoms with Gasteiger partial charge in [0.05, 0.1) is 6.61 Å². The van der Waals surface area contributed by atoms with Crippen molar-refractivity contribution in [2.24, 2.45) is 0 Å². The minimum Gasteiger partial charge on any atom is -0.391 e. The number of rotatable bonds is 1. The molecule has 0 aromatic heterocycles. The molecule has 6 heavy (non-hydrogen) atoms. The lowest BCUT2D eigenvalue weighted by molar-refractivity contribution is 0.340. The molecule has 0 aromatic carbocycles. The monoisotopic (exact) mass is 214 g/mol. The maximum absolute atomic E-state index is 8.19. The summed E-state index contributed by atoms with van der Waals surface area (Å²) in [7, 11) is 0. The minimum absolute atomic E-state index is 0.0608. The lowest BCUT2D eigenvalue weighted by Crippen LogP contribution is -1.74. The van der Waals surface area contributed by atoms with Gasteiger partial charge in [0.25, 0.3) is 0 Å². The van der Waals surface area contributed by atoms with Gasteiger partial charge in [-0.3, -0.25) is 0 Å². The van der Waals surface area contributed by atoms with E-state index in [2.05, 4.69) is 31.9 Å². The number of hydrogen-bond acceptors (Lipinski definition) is 1. The van der Waals surface area contributed by atoms with Crippen molar-refractivity contribution in [2.45, 2.75) is 0 Å². The van der Waals surface area contributed by atoms with E-state index in [1.54, 1.807) is 4.99 Å². The molecule has 36 valence electrons. The summed E-state index contributed by atoms with van der Waals surface area (Å²) < 4.78 is 0.752. The third-order valence-electron chi connectivity index (χ3n) is 0.269. The van der Waals surface area contributed by atoms with E-state index >= 15 is 0 Å². The van der Waals surface area contributed by atoms with E-state index in [4.69, 9.17) is 5.11 Å². The van der Waals surface area contributed by atoms with Gasteiger partial charge in [-0.05, 0) is 4.99 Å². The molecule has 0 saturated carbocycles. The maximum atomic E-state index is 8.19. The minimum atomic E-state index is 0.0608. The lowest BCUT2D eigenvalue weighted by atomic mass is 10.7. The van der Waals surface area contributed by atoms with Crippen LogP contribution in [0.15, 0.2) is 9.47 Å². The Labute approximate surface area is 53.3 Å². The SMILES string of the molecule is OC/C(Br)=C/Br. The van der Waals surface area contributed by atoms with Crippen LogP contribution in [0, 0.1) is 0 Å². The van der Waals surface area contributed by atoms with Gasteiger partial charge in [-0.25, -0.2) is 0 Å². The topological polar surface area (TPSA) is 20.2 Å². The molecule has 0 aliphatic heterocycles. The zero-order valence-corrected chi connectivity index (χ0v) is 6.16. The predicted molar refractivity (Wildman–Crippen MR) is 33.0 cm³/mol. The van der Waals surface area contributed by atoms with Crippen LogP contribution in [0.1, 0.15) is 0 Å². The molecule has 0 heterocycles. The molecular weight excluding hydrogens is 212 g/mol. The van der Waals surface area contributed by atoms with Crippen molar-refractivity contribution >= 4 is 31.9 Å². The van der Waals surface area contributed by atoms with Crippen molar-refractivity contribution in [3.63, 3.8) is 0 Å². The highest BCUT2D eigenvalue weighted by Crippen LogP contribution is 2.04. The number of aliphatic hydroxyl groups is 1. The van der Waals surface area contributed by atoms with Crippen molar-refractivity contribution < 1.29 is 5.11 Å². The van der Waals surface area contributed by atoms with Crippen LogP contribution in [-0.4, -0.2) is 11.7 Å². The zero-order chi connectivity index (χ0) is 4.99. The van der Waals surface area contributed by atoms with Gasteiger partial charge in [-0.1, -0.05) is 31.9 Å². The zero-order valence-electron chi connectivity index (χ0n) is 2.99. The van der Waals surface area contributed by atoms with E-state index in [9.17, 15) is 0 Å². The fraction of sp³-hybridized carbons (Fsp3) is 0.333. The van der Waals surface area contributed by atoms with Crippen molar-refractivity contribution in [1.82, 2.24) is 0 Å². The molecule has 0 spiro atoms. The normalized spacial score (nSPS) is 12.2. The number of aliphatic hydroxyl groups excluding tert-OH is 1. The first-order valence-electron chi connectivity index (χ1n) is 1.37. The average molecular weight is 216 g/mol. The van der Waals surface area contributed by atoms with Crippen LogP contribution in [-0.2, 0) is 0 Å². The number of hydrogen-bond donors (Lipinski definition) is 1. The third-order valence-corrected chi connectivity index (χ3v) is 1.92. The van der Waals surface area contributed by atoms with Gasteiger partial charge in [0.2, 0.25) is 0 Å². The van der Waals surface area contributed by atoms with Crippen LogP contribution in [0.2, 0.25) is 0 Å². The third kappa shape index (κ3) is 2.87. The molecular formula is C3H4Br2O. The van der Waals surface area contributed by atoms with Crippen LogP contribution in [0.3, 0.4) is 0 Å². The van der Waals surface area contributed by atoms with E-state index in [0.717, 1.165) is 4.48 Å². The Morgan fingerprint density at radius 3 is 2.33 bits per heavy atom. The fourth-order valence-corrected chi connectivity index (χ4v) is 0.179. The van der Waals surface area contributed by atoms with E-state index in [-0.39, 0.29) is 6.61 Å². The second kappa shape index (κ2) is 3.84. The summed E-state index contributed by atoms with van der Waals surface area (Å²) in [5, 5.41) is 8.19. The van der Waals surface area contributed by atoms with Crippen LogP contribution in [0.4, 0.5) is 0 Å². The fourth-order valence-electron chi connectivity index (χ4n) is 0.0345. The largest absolute Gasteiger partial charge is 0.391 e. The molecule has 1 N–H and O–H groups in total. The Bertz CT molecular complexity index is 59.8. The first-order valence-corrected chi connectivity index (χ1v) is 3.07. The Morgan fingerprint density at radius 2 is 2.33 bits per heavy atom. The van der Waals surface area contributed by atoms with Gasteiger partial charge in [0.15, 0.2) is 0 Å². The molecule has 0 amide bonds. The molecule has 0 bridgehead atoms. The molecule has 0 aromatic rings. The molecule has 0 aliphatic rings. The summed E-state index contributed by atoms with van der Waals surface area (Å²) in [5.74, 6) is 0. The molecule has 0 unspecified atom stereocenters. The van der Waals surface area contributed by atoms with Crippen molar-refractivity contribution in [2.75, 3.05) is 6.61 Å². The smallest absolute Gasteiger partial charge is 0.0752 e. The van der Waals surface area contributed by atoms with Crippen molar-refractivity contribution in [1.29, 1.82) is 0 Å². The Kier molecular flexibility index (Phi) is 4.26. The second-order valence-electron chi connectivity index (χ2n) is 0.714. The van der Waals surface area contributed by atoms with Crippen LogP contribution >= 0.6 is 31.9 Å². The van der Waals surface area contributed by atoms with Gasteiger partial charge in [-0.15, -0.1) is 0 Å². The lowest BCUT2D eigenvalue weighted by Gasteiger charge is -1.80. The van der Waals surface area contributed by atoms with Gasteiger partial charge < -0.3 is 5.11 Å². The molecule has 0 saturated heterocycles. The highest BCUT2D eigenvalue weighted by Gasteiger charge is 1.78. The van der Waals surface area contributed by atoms with Gasteiger partial charge in [0, 0.05) is 4.48 Å². The first-order chi connectivity index (χ1) is 2.81. The Balaban J connectivity index is 3.22. The molecule has 0 aliphatic carbocycles. The van der Waals surface area contributed by atoms with Crippen LogP contribution in [0.25, 0.3) is 0 Å². The van der Waals surface area contributed by atoms with E-state index in [1.165, 1.54) is 0 Å². The van der Waals surface area contributed by atoms with Gasteiger partial charge in [-0.2, -0.15) is 0 Å². The summed E-state index contributed by atoms with van der Waals surface area (Å²) in [6, 6.07) is 0. The molecule has 3 heteroatoms. The quantitative estimate of drug-likeness (QED) is 0.705. The van der Waals surface area contributed by atoms with Crippen molar-refractivity contribution in [3.8, 4) is 0 Å². The Morgan fingerprint density at radius 1 is 1.83 bits per heavy atom. The summed E-state index contributed by atoms with van der Waals surface area (Å²) in [6.45, 7) is 0.0608. The maximum Gasteiger partial charge on any atom is 0.0752 e. The summed E-state index contributed by atoms with van der Waals surface area (Å²) in [5.41, 5.74) is 0. The standard InChI is InChI=1S/C3H4Br2O/c4-1-3(5)2-6/h1,6H,2H2/b3-1-. The second-order valence-corrected chi connectivity index (χ2v) is 2.19. The molecule has 1 nitrogen and oxygen atoms in total. The summed E-state index contributed by atoms with van der Waals surface area (Å²) in [6.07, 6.45) is 0. The molecule has 0 fully saturated rings. The highest BCUT2D eigenvalue weighted by atomic mass is 79.9. The van der Waals surface area contributed by atoms with Crippen molar-refractivity contribution in [3.05, 3.63) is 9.47 Å². The van der Waals surface area contributed by atoms with E-state index in [0.29, 0.717) is 0 Å². The summed E-state index contributed by atoms with van der Waals surface area (Å²) >= 11 is 6.05. The van der Waals surface area contributed by atoms with Crippen LogP contribution in [0.5, 0.6) is 0 Å². The molecule has 0 atom stereocenters. The molecule has 0 radical (unpaired) electrons.